The Bertz CT molecular complexity index is 1150. The Labute approximate surface area is 183 Å². The smallest absolute Gasteiger partial charge is 0.258 e. The fraction of sp³-hybridized carbons (Fsp3) is 0.208. The fourth-order valence-electron chi connectivity index (χ4n) is 3.03. The summed E-state index contributed by atoms with van der Waals surface area (Å²) in [6.45, 7) is 4.23. The first-order valence-electron chi connectivity index (χ1n) is 9.93. The first kappa shape index (κ1) is 22.5. The molecule has 2 N–H and O–H groups in total. The average molecular weight is 439 g/mol. The van der Waals surface area contributed by atoms with Gasteiger partial charge in [0.15, 0.2) is 6.61 Å². The van der Waals surface area contributed by atoms with Crippen LogP contribution in [0.3, 0.4) is 0 Å². The van der Waals surface area contributed by atoms with E-state index in [0.29, 0.717) is 17.9 Å². The van der Waals surface area contributed by atoms with Crippen molar-refractivity contribution in [2.24, 2.45) is 0 Å². The third-order valence-corrected chi connectivity index (χ3v) is 6.10. The van der Waals surface area contributed by atoms with Gasteiger partial charge in [-0.05, 0) is 48.7 Å². The number of aryl methyl sites for hydroxylation is 2. The van der Waals surface area contributed by atoms with Crippen LogP contribution >= 0.6 is 0 Å². The highest BCUT2D eigenvalue weighted by molar-refractivity contribution is 7.89. The minimum atomic E-state index is -3.66. The summed E-state index contributed by atoms with van der Waals surface area (Å²) < 4.78 is 33.3. The van der Waals surface area contributed by atoms with Gasteiger partial charge in [-0.25, -0.2) is 13.1 Å². The highest BCUT2D eigenvalue weighted by Crippen LogP contribution is 2.22. The third kappa shape index (κ3) is 6.67. The molecule has 0 spiro atoms. The second-order valence-electron chi connectivity index (χ2n) is 7.29. The molecule has 31 heavy (non-hydrogen) atoms. The average Bonchev–Trinajstić information content (AvgIpc) is 2.76. The van der Waals surface area contributed by atoms with Crippen LogP contribution in [0.2, 0.25) is 0 Å². The van der Waals surface area contributed by atoms with Crippen molar-refractivity contribution in [1.29, 1.82) is 0 Å². The topological polar surface area (TPSA) is 84.5 Å². The number of rotatable bonds is 9. The molecule has 3 aromatic rings. The minimum Gasteiger partial charge on any atom is -0.484 e. The Kier molecular flexibility index (Phi) is 7.44. The predicted molar refractivity (Wildman–Crippen MR) is 120 cm³/mol. The second-order valence-corrected chi connectivity index (χ2v) is 9.06. The zero-order chi connectivity index (χ0) is 22.3. The van der Waals surface area contributed by atoms with Crippen LogP contribution < -0.4 is 14.8 Å². The van der Waals surface area contributed by atoms with Crippen molar-refractivity contribution in [2.45, 2.75) is 31.8 Å². The largest absolute Gasteiger partial charge is 0.484 e. The molecule has 0 atom stereocenters. The van der Waals surface area contributed by atoms with Crippen LogP contribution in [-0.4, -0.2) is 20.9 Å². The van der Waals surface area contributed by atoms with E-state index in [1.807, 2.05) is 61.5 Å². The molecule has 0 aliphatic heterocycles. The first-order valence-corrected chi connectivity index (χ1v) is 11.4. The number of benzene rings is 3. The lowest BCUT2D eigenvalue weighted by Gasteiger charge is -2.12. The third-order valence-electron chi connectivity index (χ3n) is 4.70. The molecule has 0 bridgehead atoms. The summed E-state index contributed by atoms with van der Waals surface area (Å²) >= 11 is 0. The van der Waals surface area contributed by atoms with Gasteiger partial charge in [-0.15, -0.1) is 0 Å². The molecule has 0 saturated heterocycles. The molecule has 0 radical (unpaired) electrons. The minimum absolute atomic E-state index is 0.148. The summed E-state index contributed by atoms with van der Waals surface area (Å²) in [5, 5.41) is 2.81. The van der Waals surface area contributed by atoms with E-state index in [1.54, 1.807) is 13.0 Å². The van der Waals surface area contributed by atoms with Crippen LogP contribution in [0.15, 0.2) is 77.7 Å². The Morgan fingerprint density at radius 2 is 1.61 bits per heavy atom. The van der Waals surface area contributed by atoms with Crippen molar-refractivity contribution in [3.05, 3.63) is 95.1 Å². The van der Waals surface area contributed by atoms with E-state index in [4.69, 9.17) is 4.74 Å². The number of carbonyl (C=O) groups is 1. The summed E-state index contributed by atoms with van der Waals surface area (Å²) in [5.74, 6) is 0.217. The van der Waals surface area contributed by atoms with Crippen molar-refractivity contribution in [3.63, 3.8) is 0 Å². The Hall–Kier alpha value is -3.16. The van der Waals surface area contributed by atoms with Crippen molar-refractivity contribution in [2.75, 3.05) is 6.61 Å². The van der Waals surface area contributed by atoms with Gasteiger partial charge in [-0.1, -0.05) is 60.2 Å². The van der Waals surface area contributed by atoms with Gasteiger partial charge in [0, 0.05) is 13.1 Å². The molecule has 0 aliphatic carbocycles. The van der Waals surface area contributed by atoms with Crippen molar-refractivity contribution in [1.82, 2.24) is 10.0 Å². The molecule has 0 aromatic heterocycles. The van der Waals surface area contributed by atoms with Crippen molar-refractivity contribution >= 4 is 15.9 Å². The molecule has 3 rings (SSSR count). The van der Waals surface area contributed by atoms with Crippen LogP contribution in [0, 0.1) is 13.8 Å². The number of amides is 1. The Morgan fingerprint density at radius 3 is 2.32 bits per heavy atom. The van der Waals surface area contributed by atoms with E-state index in [9.17, 15) is 13.2 Å². The van der Waals surface area contributed by atoms with Crippen LogP contribution in [0.25, 0.3) is 0 Å². The molecular formula is C24H26N2O4S. The maximum atomic E-state index is 12.6. The van der Waals surface area contributed by atoms with Crippen molar-refractivity contribution < 1.29 is 17.9 Å². The summed E-state index contributed by atoms with van der Waals surface area (Å²) in [4.78, 5) is 12.2. The molecule has 1 amide bonds. The van der Waals surface area contributed by atoms with Crippen molar-refractivity contribution in [3.8, 4) is 5.75 Å². The van der Waals surface area contributed by atoms with Gasteiger partial charge < -0.3 is 10.1 Å². The number of carbonyl (C=O) groups excluding carboxylic acids is 1. The van der Waals surface area contributed by atoms with Gasteiger partial charge in [0.2, 0.25) is 10.0 Å². The SMILES string of the molecule is Cc1cccc(CNC(=O)COc2ccc(S(=O)(=O)NCc3ccccc3)cc2C)c1. The van der Waals surface area contributed by atoms with E-state index >= 15 is 0 Å². The summed E-state index contributed by atoms with van der Waals surface area (Å²) in [6.07, 6.45) is 0. The van der Waals surface area contributed by atoms with Crippen LogP contribution in [0.1, 0.15) is 22.3 Å². The number of ether oxygens (including phenoxy) is 1. The highest BCUT2D eigenvalue weighted by Gasteiger charge is 2.15. The van der Waals surface area contributed by atoms with Gasteiger partial charge in [0.05, 0.1) is 4.90 Å². The Balaban J connectivity index is 1.54. The van der Waals surface area contributed by atoms with Crippen LogP contribution in [0.5, 0.6) is 5.75 Å². The first-order chi connectivity index (χ1) is 14.8. The molecular weight excluding hydrogens is 412 g/mol. The maximum absolute atomic E-state index is 12.6. The molecule has 0 fully saturated rings. The number of hydrogen-bond donors (Lipinski definition) is 2. The lowest BCUT2D eigenvalue weighted by molar-refractivity contribution is -0.123. The number of sulfonamides is 1. The molecule has 0 saturated carbocycles. The van der Waals surface area contributed by atoms with E-state index < -0.39 is 10.0 Å². The standard InChI is InChI=1S/C24H26N2O4S/c1-18-7-6-10-21(13-18)15-25-24(27)17-30-23-12-11-22(14-19(23)2)31(28,29)26-16-20-8-4-3-5-9-20/h3-14,26H,15-17H2,1-2H3,(H,25,27). The number of nitrogens with one attached hydrogen (secondary N) is 2. The molecule has 0 aliphatic rings. The normalized spacial score (nSPS) is 11.2. The molecule has 7 heteroatoms. The summed E-state index contributed by atoms with van der Waals surface area (Å²) in [6, 6.07) is 21.8. The molecule has 0 unspecified atom stereocenters. The lowest BCUT2D eigenvalue weighted by Crippen LogP contribution is -2.28. The van der Waals surface area contributed by atoms with Gasteiger partial charge in [0.1, 0.15) is 5.75 Å². The van der Waals surface area contributed by atoms with Gasteiger partial charge in [-0.2, -0.15) is 0 Å². The van der Waals surface area contributed by atoms with E-state index in [2.05, 4.69) is 10.0 Å². The van der Waals surface area contributed by atoms with Gasteiger partial charge in [0.25, 0.3) is 5.91 Å². The van der Waals surface area contributed by atoms with E-state index in [1.165, 1.54) is 12.1 Å². The lowest BCUT2D eigenvalue weighted by atomic mass is 10.1. The van der Waals surface area contributed by atoms with E-state index in [0.717, 1.165) is 16.7 Å². The van der Waals surface area contributed by atoms with Crippen LogP contribution in [0.4, 0.5) is 0 Å². The highest BCUT2D eigenvalue weighted by atomic mass is 32.2. The maximum Gasteiger partial charge on any atom is 0.258 e. The zero-order valence-electron chi connectivity index (χ0n) is 17.6. The van der Waals surface area contributed by atoms with Gasteiger partial charge >= 0.3 is 0 Å². The molecule has 6 nitrogen and oxygen atoms in total. The zero-order valence-corrected chi connectivity index (χ0v) is 18.4. The molecule has 0 heterocycles. The summed E-state index contributed by atoms with van der Waals surface area (Å²) in [5.41, 5.74) is 3.66. The molecule has 3 aromatic carbocycles. The quantitative estimate of drug-likeness (QED) is 0.536. The summed E-state index contributed by atoms with van der Waals surface area (Å²) in [7, 11) is -3.66. The Morgan fingerprint density at radius 1 is 0.871 bits per heavy atom. The predicted octanol–water partition coefficient (Wildman–Crippen LogP) is 3.48. The second kappa shape index (κ2) is 10.2. The number of hydrogen-bond acceptors (Lipinski definition) is 4. The monoisotopic (exact) mass is 438 g/mol. The van der Waals surface area contributed by atoms with Crippen LogP contribution in [-0.2, 0) is 27.9 Å². The fourth-order valence-corrected chi connectivity index (χ4v) is 4.13. The van der Waals surface area contributed by atoms with E-state index in [-0.39, 0.29) is 24.0 Å². The van der Waals surface area contributed by atoms with Gasteiger partial charge in [-0.3, -0.25) is 4.79 Å². The molecule has 162 valence electrons.